The molecule has 47 heavy (non-hydrogen) atoms. The molecule has 0 bridgehead atoms. The number of allylic oxidation sites excluding steroid dienone is 2. The number of carbonyl (C=O) groups is 4. The Bertz CT molecular complexity index is 1870. The van der Waals surface area contributed by atoms with E-state index in [1.807, 2.05) is 28.7 Å². The molecular weight excluding hydrogens is 740 g/mol. The van der Waals surface area contributed by atoms with Crippen molar-refractivity contribution in [3.8, 4) is 11.5 Å². The number of hydrogen-bond donors (Lipinski definition) is 2. The fourth-order valence-electron chi connectivity index (χ4n) is 8.32. The second-order valence-electron chi connectivity index (χ2n) is 12.3. The smallest absolute Gasteiger partial charge is 0.260 e. The third-order valence-corrected chi connectivity index (χ3v) is 11.3. The van der Waals surface area contributed by atoms with Gasteiger partial charge in [0.25, 0.3) is 11.8 Å². The number of carbonyl (C=O) groups excluding carboxylic acids is 4. The second-order valence-corrected chi connectivity index (χ2v) is 13.9. The van der Waals surface area contributed by atoms with Gasteiger partial charge in [-0.25, -0.2) is 4.39 Å². The zero-order chi connectivity index (χ0) is 33.4. The molecule has 0 aromatic heterocycles. The number of amides is 4. The van der Waals surface area contributed by atoms with Crippen LogP contribution in [0, 0.1) is 33.1 Å². The van der Waals surface area contributed by atoms with Gasteiger partial charge >= 0.3 is 0 Å². The van der Waals surface area contributed by atoms with Crippen molar-refractivity contribution in [2.45, 2.75) is 31.1 Å². The lowest BCUT2D eigenvalue weighted by atomic mass is 9.49. The van der Waals surface area contributed by atoms with Crippen molar-refractivity contribution in [3.63, 3.8) is 0 Å². The number of rotatable bonds is 6. The van der Waals surface area contributed by atoms with E-state index in [0.717, 1.165) is 10.6 Å². The lowest BCUT2D eigenvalue weighted by Crippen LogP contribution is -2.53. The van der Waals surface area contributed by atoms with E-state index >= 15 is 4.79 Å². The van der Waals surface area contributed by atoms with Crippen LogP contribution in [0.15, 0.2) is 72.3 Å². The third kappa shape index (κ3) is 4.60. The highest BCUT2D eigenvalue weighted by molar-refractivity contribution is 14.1. The van der Waals surface area contributed by atoms with Crippen molar-refractivity contribution in [2.75, 3.05) is 19.1 Å². The van der Waals surface area contributed by atoms with Gasteiger partial charge < -0.3 is 9.84 Å². The summed E-state index contributed by atoms with van der Waals surface area (Å²) in [6.07, 6.45) is 2.41. The number of hydrogen-bond acceptors (Lipinski definition) is 7. The Hall–Kier alpha value is -3.97. The molecule has 6 unspecified atom stereocenters. The molecule has 2 aliphatic carbocycles. The number of methoxy groups -OCH3 is 1. The number of phenols is 1. The fourth-order valence-corrected chi connectivity index (χ4v) is 9.07. The molecule has 12 heteroatoms. The minimum absolute atomic E-state index is 0.0671. The van der Waals surface area contributed by atoms with Crippen LogP contribution in [0.2, 0.25) is 5.02 Å². The lowest BCUT2D eigenvalue weighted by Gasteiger charge is -2.50. The highest BCUT2D eigenvalue weighted by atomic mass is 127. The minimum atomic E-state index is -1.52. The predicted octanol–water partition coefficient (Wildman–Crippen LogP) is 5.80. The Morgan fingerprint density at radius 3 is 2.38 bits per heavy atom. The van der Waals surface area contributed by atoms with Crippen molar-refractivity contribution < 1.29 is 33.4 Å². The highest BCUT2D eigenvalue weighted by Crippen LogP contribution is 2.64. The molecule has 4 aliphatic rings. The summed E-state index contributed by atoms with van der Waals surface area (Å²) < 4.78 is 19.8. The number of benzene rings is 3. The number of anilines is 1. The van der Waals surface area contributed by atoms with Crippen LogP contribution in [-0.2, 0) is 24.6 Å². The van der Waals surface area contributed by atoms with Crippen LogP contribution in [0.1, 0.15) is 36.8 Å². The van der Waals surface area contributed by atoms with E-state index < -0.39 is 52.6 Å². The molecule has 6 atom stereocenters. The molecule has 9 nitrogen and oxygen atoms in total. The number of nitrogens with zero attached hydrogens (tertiary/aromatic N) is 2. The van der Waals surface area contributed by atoms with Crippen molar-refractivity contribution in [3.05, 3.63) is 97.8 Å². The summed E-state index contributed by atoms with van der Waals surface area (Å²) in [4.78, 5) is 58.2. The van der Waals surface area contributed by atoms with E-state index in [4.69, 9.17) is 16.3 Å². The average Bonchev–Trinajstić information content (AvgIpc) is 3.44. The topological polar surface area (TPSA) is 116 Å². The Balaban J connectivity index is 1.49. The molecule has 2 heterocycles. The van der Waals surface area contributed by atoms with Crippen LogP contribution in [0.5, 0.6) is 11.5 Å². The molecule has 242 valence electrons. The number of nitrogens with one attached hydrogen (secondary N) is 1. The minimum Gasteiger partial charge on any atom is -0.504 e. The maximum atomic E-state index is 15.1. The standard InChI is InChI=1S/C35H30ClFIN3O6/c1-3-40-31(43)23-13-12-22-24(28(23)33(40)45)16-25-32(44)41(39-21-10-8-20(37)9-11-21)34(46)35(25,18-4-6-19(36)7-5-18)29(22)17-14-26(38)30(42)27(15-17)47-2/h4-12,14-15,23-25,28-29,39,42H,3,13,16H2,1-2H3. The lowest BCUT2D eigenvalue weighted by molar-refractivity contribution is -0.141. The molecule has 3 fully saturated rings. The Labute approximate surface area is 288 Å². The first-order chi connectivity index (χ1) is 22.5. The van der Waals surface area contributed by atoms with Crippen LogP contribution >= 0.6 is 34.2 Å². The van der Waals surface area contributed by atoms with Crippen LogP contribution in [0.3, 0.4) is 0 Å². The van der Waals surface area contributed by atoms with Gasteiger partial charge in [-0.05, 0) is 108 Å². The third-order valence-electron chi connectivity index (χ3n) is 10.3. The number of imide groups is 2. The first-order valence-electron chi connectivity index (χ1n) is 15.3. The Morgan fingerprint density at radius 2 is 1.72 bits per heavy atom. The summed E-state index contributed by atoms with van der Waals surface area (Å²) in [5.74, 6) is -5.42. The number of hydrazine groups is 1. The molecule has 0 spiro atoms. The molecule has 2 saturated heterocycles. The van der Waals surface area contributed by atoms with Gasteiger partial charge in [0.15, 0.2) is 11.5 Å². The van der Waals surface area contributed by atoms with Gasteiger partial charge in [0, 0.05) is 17.5 Å². The summed E-state index contributed by atoms with van der Waals surface area (Å²) in [7, 11) is 1.43. The Kier molecular flexibility index (Phi) is 7.82. The van der Waals surface area contributed by atoms with E-state index in [9.17, 15) is 23.9 Å². The first kappa shape index (κ1) is 31.6. The molecule has 4 amide bonds. The van der Waals surface area contributed by atoms with Crippen molar-refractivity contribution in [1.82, 2.24) is 9.91 Å². The quantitative estimate of drug-likeness (QED) is 0.185. The van der Waals surface area contributed by atoms with Gasteiger partial charge in [-0.15, -0.1) is 0 Å². The fraction of sp³-hybridized carbons (Fsp3) is 0.314. The molecule has 2 aliphatic heterocycles. The summed E-state index contributed by atoms with van der Waals surface area (Å²) in [5, 5.41) is 12.2. The average molecular weight is 770 g/mol. The number of aromatic hydroxyl groups is 1. The maximum Gasteiger partial charge on any atom is 0.260 e. The largest absolute Gasteiger partial charge is 0.504 e. The van der Waals surface area contributed by atoms with Crippen LogP contribution in [-0.4, -0.2) is 52.3 Å². The van der Waals surface area contributed by atoms with E-state index in [1.54, 1.807) is 43.3 Å². The molecule has 1 saturated carbocycles. The van der Waals surface area contributed by atoms with Gasteiger partial charge in [0.1, 0.15) is 5.82 Å². The van der Waals surface area contributed by atoms with Crippen LogP contribution in [0.25, 0.3) is 0 Å². The number of fused-ring (bicyclic) bond motifs is 4. The number of halogens is 3. The second kappa shape index (κ2) is 11.6. The predicted molar refractivity (Wildman–Crippen MR) is 179 cm³/mol. The molecule has 3 aromatic rings. The zero-order valence-electron chi connectivity index (χ0n) is 25.4. The van der Waals surface area contributed by atoms with E-state index in [0.29, 0.717) is 31.8 Å². The number of likely N-dealkylation sites (tertiary alicyclic amines) is 1. The van der Waals surface area contributed by atoms with Gasteiger partial charge in [0.05, 0.1) is 39.5 Å². The molecule has 7 rings (SSSR count). The van der Waals surface area contributed by atoms with Crippen molar-refractivity contribution in [2.24, 2.45) is 23.7 Å². The number of phenolic OH excluding ortho intramolecular Hbond substituents is 1. The monoisotopic (exact) mass is 769 g/mol. The normalized spacial score (nSPS) is 28.2. The molecule has 0 radical (unpaired) electrons. The molecule has 2 N–H and O–H groups in total. The summed E-state index contributed by atoms with van der Waals surface area (Å²) in [6, 6.07) is 15.6. The van der Waals surface area contributed by atoms with E-state index in [-0.39, 0.29) is 36.3 Å². The van der Waals surface area contributed by atoms with Crippen LogP contribution in [0.4, 0.5) is 10.1 Å². The van der Waals surface area contributed by atoms with Crippen LogP contribution < -0.4 is 10.2 Å². The van der Waals surface area contributed by atoms with Gasteiger partial charge in [0.2, 0.25) is 11.8 Å². The van der Waals surface area contributed by atoms with Crippen molar-refractivity contribution >= 4 is 63.5 Å². The number of ether oxygens (including phenoxy) is 1. The van der Waals surface area contributed by atoms with E-state index in [1.165, 1.54) is 36.3 Å². The van der Waals surface area contributed by atoms with Gasteiger partial charge in [-0.2, -0.15) is 5.01 Å². The maximum absolute atomic E-state index is 15.1. The highest BCUT2D eigenvalue weighted by Gasteiger charge is 2.70. The van der Waals surface area contributed by atoms with Crippen molar-refractivity contribution in [1.29, 1.82) is 0 Å². The zero-order valence-corrected chi connectivity index (χ0v) is 28.3. The van der Waals surface area contributed by atoms with Gasteiger partial charge in [-0.3, -0.25) is 29.5 Å². The van der Waals surface area contributed by atoms with E-state index in [2.05, 4.69) is 5.43 Å². The Morgan fingerprint density at radius 1 is 1.02 bits per heavy atom. The first-order valence-corrected chi connectivity index (χ1v) is 16.8. The van der Waals surface area contributed by atoms with Gasteiger partial charge in [-0.1, -0.05) is 35.4 Å². The SMILES string of the molecule is CCN1C(=O)C2CC=C3C(CC4C(=O)N(Nc5ccc(F)cc5)C(=O)C4(c4ccc(Cl)cc4)C3c3cc(I)c(O)c(OC)c3)C2C1=O. The summed E-state index contributed by atoms with van der Waals surface area (Å²) >= 11 is 8.33. The summed E-state index contributed by atoms with van der Waals surface area (Å²) in [6.45, 7) is 2.01. The summed E-state index contributed by atoms with van der Waals surface area (Å²) in [5.41, 5.74) is 3.68. The molecular formula is C35H30ClFIN3O6. The molecule has 3 aromatic carbocycles.